The Morgan fingerprint density at radius 3 is 2.54 bits per heavy atom. The minimum absolute atomic E-state index is 0.129. The lowest BCUT2D eigenvalue weighted by Crippen LogP contribution is -2.47. The highest BCUT2D eigenvalue weighted by Crippen LogP contribution is 2.35. The van der Waals surface area contributed by atoms with E-state index in [0.717, 1.165) is 31.4 Å². The summed E-state index contributed by atoms with van der Waals surface area (Å²) in [5.74, 6) is 0. The number of benzene rings is 1. The number of rotatable bonds is 9. The minimum atomic E-state index is -0.545. The van der Waals surface area contributed by atoms with E-state index in [2.05, 4.69) is 25.1 Å². The van der Waals surface area contributed by atoms with Crippen LogP contribution in [0.25, 0.3) is 0 Å². The van der Waals surface area contributed by atoms with E-state index in [1.807, 2.05) is 33.8 Å². The Morgan fingerprint density at radius 1 is 1.15 bits per heavy atom. The van der Waals surface area contributed by atoms with Gasteiger partial charge in [0.25, 0.3) is 0 Å². The second-order valence-electron chi connectivity index (χ2n) is 8.97. The van der Waals surface area contributed by atoms with Crippen molar-refractivity contribution in [1.29, 1.82) is 0 Å². The van der Waals surface area contributed by atoms with Crippen molar-refractivity contribution in [3.05, 3.63) is 35.4 Å². The third kappa shape index (κ3) is 6.34. The first-order valence-electron chi connectivity index (χ1n) is 9.75. The fourth-order valence-electron chi connectivity index (χ4n) is 3.60. The van der Waals surface area contributed by atoms with E-state index < -0.39 is 6.10 Å². The van der Waals surface area contributed by atoms with E-state index >= 15 is 0 Å². The molecule has 2 atom stereocenters. The zero-order valence-corrected chi connectivity index (χ0v) is 17.1. The molecule has 148 valence electrons. The number of ether oxygens (including phenoxy) is 3. The normalized spacial score (nSPS) is 20.2. The number of aryl methyl sites for hydroxylation is 1. The van der Waals surface area contributed by atoms with Crippen LogP contribution >= 0.6 is 0 Å². The molecule has 1 aliphatic heterocycles. The first-order valence-corrected chi connectivity index (χ1v) is 9.75. The van der Waals surface area contributed by atoms with Crippen molar-refractivity contribution >= 4 is 0 Å². The number of aliphatic hydroxyl groups is 1. The van der Waals surface area contributed by atoms with Gasteiger partial charge >= 0.3 is 0 Å². The Hall–Kier alpha value is -0.940. The van der Waals surface area contributed by atoms with Gasteiger partial charge in [-0.25, -0.2) is 0 Å². The van der Waals surface area contributed by atoms with Crippen molar-refractivity contribution in [2.75, 3.05) is 19.8 Å². The number of hydrogen-bond donors (Lipinski definition) is 1. The lowest BCUT2D eigenvalue weighted by atomic mass is 9.73. The summed E-state index contributed by atoms with van der Waals surface area (Å²) in [6, 6.07) is 8.32. The molecule has 26 heavy (non-hydrogen) atoms. The zero-order valence-electron chi connectivity index (χ0n) is 17.1. The lowest BCUT2D eigenvalue weighted by molar-refractivity contribution is -0.194. The quantitative estimate of drug-likeness (QED) is 0.702. The Balaban J connectivity index is 1.82. The molecule has 2 unspecified atom stereocenters. The van der Waals surface area contributed by atoms with Crippen molar-refractivity contribution in [2.24, 2.45) is 10.8 Å². The highest BCUT2D eigenvalue weighted by atomic mass is 16.7. The van der Waals surface area contributed by atoms with Crippen LogP contribution in [0.1, 0.15) is 58.1 Å². The molecule has 0 radical (unpaired) electrons. The van der Waals surface area contributed by atoms with Crippen molar-refractivity contribution in [3.63, 3.8) is 0 Å². The van der Waals surface area contributed by atoms with Gasteiger partial charge in [-0.15, -0.1) is 0 Å². The van der Waals surface area contributed by atoms with Crippen LogP contribution in [-0.2, 0) is 20.8 Å². The molecule has 1 aromatic rings. The molecule has 1 aromatic carbocycles. The largest absolute Gasteiger partial charge is 0.392 e. The first-order chi connectivity index (χ1) is 12.2. The van der Waals surface area contributed by atoms with Gasteiger partial charge in [0.2, 0.25) is 0 Å². The van der Waals surface area contributed by atoms with Crippen LogP contribution in [0.2, 0.25) is 0 Å². The maximum Gasteiger partial charge on any atom is 0.157 e. The Morgan fingerprint density at radius 2 is 1.88 bits per heavy atom. The maximum absolute atomic E-state index is 11.0. The number of hydrogen-bond acceptors (Lipinski definition) is 4. The van der Waals surface area contributed by atoms with Crippen LogP contribution in [0.15, 0.2) is 24.3 Å². The molecule has 0 saturated carbocycles. The van der Waals surface area contributed by atoms with Crippen LogP contribution in [0, 0.1) is 17.8 Å². The average molecular weight is 365 g/mol. The van der Waals surface area contributed by atoms with Crippen LogP contribution in [-0.4, -0.2) is 37.3 Å². The summed E-state index contributed by atoms with van der Waals surface area (Å²) in [5.41, 5.74) is 1.64. The van der Waals surface area contributed by atoms with Crippen LogP contribution in [0.4, 0.5) is 0 Å². The average Bonchev–Trinajstić information content (AvgIpc) is 2.60. The highest BCUT2D eigenvalue weighted by molar-refractivity contribution is 5.21. The molecule has 0 spiro atoms. The van der Waals surface area contributed by atoms with Gasteiger partial charge in [0, 0.05) is 17.4 Å². The summed E-state index contributed by atoms with van der Waals surface area (Å²) in [4.78, 5) is 0. The molecule has 1 aliphatic rings. The molecule has 2 rings (SSSR count). The molecule has 0 aliphatic carbocycles. The number of aliphatic hydroxyl groups excluding tert-OH is 1. The SMILES string of the molecule is Cc1cccc(COCC(C)(C)C(O)C(C)(C)COC2CCCCO2)c1. The van der Waals surface area contributed by atoms with Gasteiger partial charge in [-0.05, 0) is 31.7 Å². The summed E-state index contributed by atoms with van der Waals surface area (Å²) in [6.45, 7) is 12.6. The van der Waals surface area contributed by atoms with E-state index in [4.69, 9.17) is 14.2 Å². The highest BCUT2D eigenvalue weighted by Gasteiger charge is 2.40. The van der Waals surface area contributed by atoms with E-state index in [-0.39, 0.29) is 17.1 Å². The van der Waals surface area contributed by atoms with Crippen molar-refractivity contribution in [3.8, 4) is 0 Å². The van der Waals surface area contributed by atoms with Gasteiger partial charge in [-0.2, -0.15) is 0 Å². The lowest BCUT2D eigenvalue weighted by Gasteiger charge is -2.41. The molecule has 0 aromatic heterocycles. The molecule has 1 fully saturated rings. The van der Waals surface area contributed by atoms with Crippen molar-refractivity contribution in [1.82, 2.24) is 0 Å². The van der Waals surface area contributed by atoms with E-state index in [1.165, 1.54) is 5.56 Å². The molecule has 4 heteroatoms. The van der Waals surface area contributed by atoms with Gasteiger partial charge in [0.15, 0.2) is 6.29 Å². The standard InChI is InChI=1S/C22H36O4/c1-17-9-8-10-18(13-17)14-24-15-21(2,3)20(23)22(4,5)16-26-19-11-6-7-12-25-19/h8-10,13,19-20,23H,6-7,11-12,14-16H2,1-5H3. The third-order valence-corrected chi connectivity index (χ3v) is 5.08. The smallest absolute Gasteiger partial charge is 0.157 e. The Labute approximate surface area is 158 Å². The molecule has 0 bridgehead atoms. The molecule has 1 N–H and O–H groups in total. The van der Waals surface area contributed by atoms with Crippen LogP contribution < -0.4 is 0 Å². The summed E-state index contributed by atoms with van der Waals surface area (Å²) in [6.07, 6.45) is 2.52. The predicted molar refractivity (Wildman–Crippen MR) is 104 cm³/mol. The minimum Gasteiger partial charge on any atom is -0.392 e. The van der Waals surface area contributed by atoms with Crippen LogP contribution in [0.5, 0.6) is 0 Å². The second kappa shape index (κ2) is 9.32. The van der Waals surface area contributed by atoms with Gasteiger partial charge in [0.05, 0.1) is 25.9 Å². The fourth-order valence-corrected chi connectivity index (χ4v) is 3.60. The summed E-state index contributed by atoms with van der Waals surface area (Å²) in [5, 5.41) is 11.0. The molecule has 1 heterocycles. The van der Waals surface area contributed by atoms with Crippen LogP contribution in [0.3, 0.4) is 0 Å². The summed E-state index contributed by atoms with van der Waals surface area (Å²) < 4.78 is 17.5. The predicted octanol–water partition coefficient (Wildman–Crippen LogP) is 4.47. The third-order valence-electron chi connectivity index (χ3n) is 5.08. The summed E-state index contributed by atoms with van der Waals surface area (Å²) >= 11 is 0. The fraction of sp³-hybridized carbons (Fsp3) is 0.727. The molecule has 4 nitrogen and oxygen atoms in total. The summed E-state index contributed by atoms with van der Waals surface area (Å²) in [7, 11) is 0. The molecule has 1 saturated heterocycles. The zero-order chi connectivity index (χ0) is 19.2. The first kappa shape index (κ1) is 21.4. The van der Waals surface area contributed by atoms with Gasteiger partial charge in [-0.1, -0.05) is 57.5 Å². The molecule has 0 amide bonds. The van der Waals surface area contributed by atoms with Crippen molar-refractivity contribution in [2.45, 2.75) is 72.9 Å². The Bertz CT molecular complexity index is 547. The van der Waals surface area contributed by atoms with Gasteiger partial charge < -0.3 is 19.3 Å². The van der Waals surface area contributed by atoms with Gasteiger partial charge in [0.1, 0.15) is 0 Å². The maximum atomic E-state index is 11.0. The topological polar surface area (TPSA) is 47.9 Å². The van der Waals surface area contributed by atoms with E-state index in [0.29, 0.717) is 19.8 Å². The second-order valence-corrected chi connectivity index (χ2v) is 8.97. The van der Waals surface area contributed by atoms with E-state index in [1.54, 1.807) is 0 Å². The Kier molecular flexibility index (Phi) is 7.65. The van der Waals surface area contributed by atoms with Gasteiger partial charge in [-0.3, -0.25) is 0 Å². The molecular formula is C22H36O4. The molecular weight excluding hydrogens is 328 g/mol. The van der Waals surface area contributed by atoms with Crippen molar-refractivity contribution < 1.29 is 19.3 Å². The van der Waals surface area contributed by atoms with E-state index in [9.17, 15) is 5.11 Å². The monoisotopic (exact) mass is 364 g/mol.